The minimum atomic E-state index is -0.305. The van der Waals surface area contributed by atoms with Crippen molar-refractivity contribution in [2.75, 3.05) is 5.73 Å². The molecule has 1 aromatic heterocycles. The molecule has 1 heterocycles. The molecular formula is C12H14FN3S. The Morgan fingerprint density at radius 1 is 1.35 bits per heavy atom. The van der Waals surface area contributed by atoms with Crippen LogP contribution in [0.2, 0.25) is 0 Å². The number of nitrogens with one attached hydrogen (secondary N) is 1. The summed E-state index contributed by atoms with van der Waals surface area (Å²) in [4.78, 5) is 1.18. The van der Waals surface area contributed by atoms with E-state index in [0.717, 1.165) is 0 Å². The van der Waals surface area contributed by atoms with Crippen LogP contribution in [-0.2, 0) is 6.42 Å². The van der Waals surface area contributed by atoms with Crippen LogP contribution in [0.5, 0.6) is 0 Å². The van der Waals surface area contributed by atoms with Crippen molar-refractivity contribution in [3.05, 3.63) is 52.0 Å². The zero-order valence-corrected chi connectivity index (χ0v) is 10.0. The molecule has 2 rings (SSSR count). The van der Waals surface area contributed by atoms with Crippen molar-refractivity contribution in [2.45, 2.75) is 12.5 Å². The topological polar surface area (TPSA) is 64.1 Å². The van der Waals surface area contributed by atoms with Gasteiger partial charge >= 0.3 is 0 Å². The van der Waals surface area contributed by atoms with Gasteiger partial charge in [0.05, 0.1) is 6.04 Å². The predicted octanol–water partition coefficient (Wildman–Crippen LogP) is 2.22. The van der Waals surface area contributed by atoms with Gasteiger partial charge in [-0.2, -0.15) is 0 Å². The highest BCUT2D eigenvalue weighted by Crippen LogP contribution is 2.25. The van der Waals surface area contributed by atoms with Gasteiger partial charge < -0.3 is 5.73 Å². The molecule has 3 nitrogen and oxygen atoms in total. The molecule has 0 amide bonds. The van der Waals surface area contributed by atoms with Gasteiger partial charge in [0.15, 0.2) is 0 Å². The first-order valence-corrected chi connectivity index (χ1v) is 6.12. The van der Waals surface area contributed by atoms with E-state index in [1.165, 1.54) is 17.0 Å². The molecule has 0 aliphatic carbocycles. The Balaban J connectivity index is 2.25. The monoisotopic (exact) mass is 251 g/mol. The highest BCUT2D eigenvalue weighted by Gasteiger charge is 2.14. The van der Waals surface area contributed by atoms with Crippen LogP contribution in [-0.4, -0.2) is 0 Å². The maximum atomic E-state index is 13.2. The summed E-state index contributed by atoms with van der Waals surface area (Å²) in [6, 6.07) is 8.14. The fraction of sp³-hybridized carbons (Fsp3) is 0.167. The minimum absolute atomic E-state index is 0.177. The third-order valence-electron chi connectivity index (χ3n) is 2.61. The lowest BCUT2D eigenvalue weighted by Crippen LogP contribution is -2.30. The lowest BCUT2D eigenvalue weighted by molar-refractivity contribution is 0.549. The molecular weight excluding hydrogens is 237 g/mol. The fourth-order valence-electron chi connectivity index (χ4n) is 1.74. The molecule has 17 heavy (non-hydrogen) atoms. The Morgan fingerprint density at radius 2 is 2.18 bits per heavy atom. The van der Waals surface area contributed by atoms with Gasteiger partial charge in [-0.3, -0.25) is 11.3 Å². The van der Waals surface area contributed by atoms with Crippen molar-refractivity contribution in [1.82, 2.24) is 5.43 Å². The Hall–Kier alpha value is -1.43. The third-order valence-corrected chi connectivity index (χ3v) is 3.51. The van der Waals surface area contributed by atoms with Gasteiger partial charge in [0.25, 0.3) is 0 Å². The van der Waals surface area contributed by atoms with E-state index in [2.05, 4.69) is 5.43 Å². The molecule has 0 radical (unpaired) electrons. The van der Waals surface area contributed by atoms with Crippen LogP contribution in [0.3, 0.4) is 0 Å². The molecule has 0 saturated carbocycles. The standard InChI is InChI=1S/C12H14FN3S/c13-8-3-4-11(14)10(6-8)12(16-15)7-9-2-1-5-17-9/h1-6,12,16H,7,14-15H2. The second-order valence-electron chi connectivity index (χ2n) is 3.78. The Kier molecular flexibility index (Phi) is 3.73. The molecule has 0 aliphatic heterocycles. The molecule has 0 spiro atoms. The molecule has 0 saturated heterocycles. The van der Waals surface area contributed by atoms with Gasteiger partial charge in [-0.25, -0.2) is 4.39 Å². The minimum Gasteiger partial charge on any atom is -0.398 e. The van der Waals surface area contributed by atoms with Gasteiger partial charge in [-0.15, -0.1) is 11.3 Å². The van der Waals surface area contributed by atoms with Crippen LogP contribution in [0.4, 0.5) is 10.1 Å². The van der Waals surface area contributed by atoms with E-state index in [-0.39, 0.29) is 11.9 Å². The normalized spacial score (nSPS) is 12.6. The number of anilines is 1. The number of halogens is 1. The van der Waals surface area contributed by atoms with Gasteiger partial charge in [0.1, 0.15) is 5.82 Å². The summed E-state index contributed by atoms with van der Waals surface area (Å²) in [5.74, 6) is 5.21. The number of thiophene rings is 1. The average Bonchev–Trinajstić information content (AvgIpc) is 2.82. The van der Waals surface area contributed by atoms with Crippen LogP contribution < -0.4 is 17.0 Å². The number of rotatable bonds is 4. The summed E-state index contributed by atoms with van der Waals surface area (Å²) in [6.07, 6.45) is 0.696. The Morgan fingerprint density at radius 3 is 2.82 bits per heavy atom. The summed E-state index contributed by atoms with van der Waals surface area (Å²) in [5.41, 5.74) is 9.76. The van der Waals surface area contributed by atoms with E-state index in [0.29, 0.717) is 17.7 Å². The van der Waals surface area contributed by atoms with Gasteiger partial charge in [0.2, 0.25) is 0 Å². The number of hydrazine groups is 1. The molecule has 2 aromatic rings. The molecule has 5 N–H and O–H groups in total. The smallest absolute Gasteiger partial charge is 0.123 e. The van der Waals surface area contributed by atoms with Gasteiger partial charge in [-0.05, 0) is 35.2 Å². The first kappa shape index (κ1) is 12.0. The van der Waals surface area contributed by atoms with Crippen molar-refractivity contribution >= 4 is 17.0 Å². The van der Waals surface area contributed by atoms with E-state index in [1.54, 1.807) is 17.4 Å². The molecule has 0 fully saturated rings. The quantitative estimate of drug-likeness (QED) is 0.443. The first-order valence-electron chi connectivity index (χ1n) is 5.24. The van der Waals surface area contributed by atoms with Gasteiger partial charge in [0, 0.05) is 17.0 Å². The van der Waals surface area contributed by atoms with E-state index in [9.17, 15) is 4.39 Å². The lowest BCUT2D eigenvalue weighted by Gasteiger charge is -2.17. The first-order chi connectivity index (χ1) is 8.20. The van der Waals surface area contributed by atoms with Crippen molar-refractivity contribution in [2.24, 2.45) is 5.84 Å². The third kappa shape index (κ3) is 2.82. The number of nitrogen functional groups attached to an aromatic ring is 1. The van der Waals surface area contributed by atoms with E-state index < -0.39 is 0 Å². The van der Waals surface area contributed by atoms with Crippen LogP contribution in [0.1, 0.15) is 16.5 Å². The summed E-state index contributed by atoms with van der Waals surface area (Å²) >= 11 is 1.64. The van der Waals surface area contributed by atoms with E-state index in [4.69, 9.17) is 11.6 Å². The molecule has 5 heteroatoms. The molecule has 90 valence electrons. The van der Waals surface area contributed by atoms with Crippen molar-refractivity contribution in [3.63, 3.8) is 0 Å². The van der Waals surface area contributed by atoms with E-state index in [1.807, 2.05) is 17.5 Å². The predicted molar refractivity (Wildman–Crippen MR) is 68.9 cm³/mol. The highest BCUT2D eigenvalue weighted by molar-refractivity contribution is 7.09. The fourth-order valence-corrected chi connectivity index (χ4v) is 2.49. The maximum Gasteiger partial charge on any atom is 0.123 e. The molecule has 0 aliphatic rings. The molecule has 1 unspecified atom stereocenters. The summed E-state index contributed by atoms with van der Waals surface area (Å²) in [5, 5.41) is 2.00. The molecule has 1 aromatic carbocycles. The zero-order chi connectivity index (χ0) is 12.3. The largest absolute Gasteiger partial charge is 0.398 e. The second-order valence-corrected chi connectivity index (χ2v) is 4.81. The second kappa shape index (κ2) is 5.27. The summed E-state index contributed by atoms with van der Waals surface area (Å²) < 4.78 is 13.2. The number of hydrogen-bond donors (Lipinski definition) is 3. The summed E-state index contributed by atoms with van der Waals surface area (Å²) in [7, 11) is 0. The molecule has 0 bridgehead atoms. The van der Waals surface area contributed by atoms with Crippen LogP contribution in [0.25, 0.3) is 0 Å². The maximum absolute atomic E-state index is 13.2. The molecule has 1 atom stereocenters. The SMILES string of the molecule is NNC(Cc1cccs1)c1cc(F)ccc1N. The number of hydrogen-bond acceptors (Lipinski definition) is 4. The Bertz CT molecular complexity index is 485. The lowest BCUT2D eigenvalue weighted by atomic mass is 10.0. The highest BCUT2D eigenvalue weighted by atomic mass is 32.1. The van der Waals surface area contributed by atoms with Crippen molar-refractivity contribution in [1.29, 1.82) is 0 Å². The Labute approximate surface area is 103 Å². The van der Waals surface area contributed by atoms with Crippen LogP contribution in [0, 0.1) is 5.82 Å². The van der Waals surface area contributed by atoms with Crippen LogP contribution >= 0.6 is 11.3 Å². The summed E-state index contributed by atoms with van der Waals surface area (Å²) in [6.45, 7) is 0. The zero-order valence-electron chi connectivity index (χ0n) is 9.19. The number of nitrogens with two attached hydrogens (primary N) is 2. The number of benzene rings is 1. The van der Waals surface area contributed by atoms with Crippen molar-refractivity contribution in [3.8, 4) is 0 Å². The van der Waals surface area contributed by atoms with Gasteiger partial charge in [-0.1, -0.05) is 6.07 Å². The average molecular weight is 251 g/mol. The van der Waals surface area contributed by atoms with Crippen LogP contribution in [0.15, 0.2) is 35.7 Å². The van der Waals surface area contributed by atoms with E-state index >= 15 is 0 Å². The van der Waals surface area contributed by atoms with Crippen molar-refractivity contribution < 1.29 is 4.39 Å².